The van der Waals surface area contributed by atoms with Crippen LogP contribution in [0.25, 0.3) is 11.1 Å². The molecule has 2 bridgehead atoms. The highest BCUT2D eigenvalue weighted by Crippen LogP contribution is 2.27. The van der Waals surface area contributed by atoms with Crippen molar-refractivity contribution >= 4 is 17.6 Å². The van der Waals surface area contributed by atoms with Crippen molar-refractivity contribution in [3.8, 4) is 11.1 Å². The number of carbonyl (C=O) groups is 1. The van der Waals surface area contributed by atoms with E-state index in [2.05, 4.69) is 15.3 Å². The van der Waals surface area contributed by atoms with Crippen molar-refractivity contribution < 1.29 is 4.79 Å². The lowest BCUT2D eigenvalue weighted by Crippen LogP contribution is -2.43. The van der Waals surface area contributed by atoms with Gasteiger partial charge in [0, 0.05) is 29.4 Å². The molecule has 1 amide bonds. The molecule has 1 unspecified atom stereocenters. The summed E-state index contributed by atoms with van der Waals surface area (Å²) in [6, 6.07) is 7.61. The van der Waals surface area contributed by atoms with E-state index < -0.39 is 0 Å². The Bertz CT molecular complexity index is 722. The Morgan fingerprint density at radius 1 is 1.25 bits per heavy atom. The number of nitrogens with one attached hydrogen (secondary N) is 1. The maximum Gasteiger partial charge on any atom is 0.342 e. The van der Waals surface area contributed by atoms with Crippen molar-refractivity contribution in [3.05, 3.63) is 41.7 Å². The Kier molecular flexibility index (Phi) is 4.29. The molecule has 0 radical (unpaired) electrons. The second-order valence-electron chi connectivity index (χ2n) is 6.81. The summed E-state index contributed by atoms with van der Waals surface area (Å²) in [5.41, 5.74) is 1.84. The summed E-state index contributed by atoms with van der Waals surface area (Å²) < 4.78 is 1.39. The van der Waals surface area contributed by atoms with Crippen LogP contribution < -0.4 is 5.32 Å². The average molecular weight is 345 g/mol. The summed E-state index contributed by atoms with van der Waals surface area (Å²) in [5, 5.41) is 8.03. The molecule has 3 aliphatic heterocycles. The molecule has 4 heterocycles. The number of carbonyl (C=O) groups excluding carboxylic acids is 1. The zero-order valence-electron chi connectivity index (χ0n) is 13.5. The van der Waals surface area contributed by atoms with E-state index in [1.54, 1.807) is 12.4 Å². The first kappa shape index (κ1) is 15.7. The van der Waals surface area contributed by atoms with Gasteiger partial charge in [0.2, 0.25) is 0 Å². The minimum absolute atomic E-state index is 0.157. The summed E-state index contributed by atoms with van der Waals surface area (Å²) in [7, 11) is 0. The monoisotopic (exact) mass is 344 g/mol. The van der Waals surface area contributed by atoms with Crippen LogP contribution in [0.2, 0.25) is 5.02 Å². The van der Waals surface area contributed by atoms with E-state index in [9.17, 15) is 4.79 Å². The molecule has 1 aromatic heterocycles. The van der Waals surface area contributed by atoms with Gasteiger partial charge in [0.1, 0.15) is 0 Å². The number of fused-ring (bicyclic) bond motifs is 4. The van der Waals surface area contributed by atoms with E-state index >= 15 is 0 Å². The van der Waals surface area contributed by atoms with Gasteiger partial charge in [0.05, 0.1) is 6.20 Å². The SMILES string of the molecule is O=C(NC1CC2CCN(CC2)C1)n1cc(-c2cccc(Cl)c2)cn1. The van der Waals surface area contributed by atoms with Crippen LogP contribution in [0.4, 0.5) is 4.79 Å². The van der Waals surface area contributed by atoms with Gasteiger partial charge in [-0.1, -0.05) is 23.7 Å². The molecule has 3 aliphatic rings. The van der Waals surface area contributed by atoms with Crippen LogP contribution in [0.3, 0.4) is 0 Å². The molecule has 126 valence electrons. The standard InChI is InChI=1S/C18H21ClN4O/c19-16-3-1-2-14(9-16)15-10-20-23(11-15)18(24)21-17-8-13-4-6-22(12-17)7-5-13/h1-3,9-11,13,17H,4-8,12H2,(H,21,24). The molecule has 5 rings (SSSR count). The van der Waals surface area contributed by atoms with Gasteiger partial charge >= 0.3 is 6.03 Å². The molecule has 1 atom stereocenters. The summed E-state index contributed by atoms with van der Waals surface area (Å²) >= 11 is 6.03. The molecular formula is C18H21ClN4O. The van der Waals surface area contributed by atoms with Crippen molar-refractivity contribution in [3.63, 3.8) is 0 Å². The Morgan fingerprint density at radius 2 is 2.08 bits per heavy atom. The number of nitrogens with zero attached hydrogens (tertiary/aromatic N) is 3. The molecular weight excluding hydrogens is 324 g/mol. The lowest BCUT2D eigenvalue weighted by molar-refractivity contribution is 0.216. The third-order valence-electron chi connectivity index (χ3n) is 5.08. The number of benzene rings is 1. The van der Waals surface area contributed by atoms with Crippen molar-refractivity contribution in [1.82, 2.24) is 20.0 Å². The smallest absolute Gasteiger partial charge is 0.332 e. The molecule has 3 saturated heterocycles. The number of hydrogen-bond acceptors (Lipinski definition) is 3. The van der Waals surface area contributed by atoms with Gasteiger partial charge in [-0.05, 0) is 56.0 Å². The van der Waals surface area contributed by atoms with Gasteiger partial charge in [0.25, 0.3) is 0 Å². The topological polar surface area (TPSA) is 50.2 Å². The van der Waals surface area contributed by atoms with E-state index in [0.717, 1.165) is 43.1 Å². The first-order chi connectivity index (χ1) is 11.7. The van der Waals surface area contributed by atoms with Gasteiger partial charge in [-0.15, -0.1) is 0 Å². The molecule has 1 aromatic carbocycles. The predicted molar refractivity (Wildman–Crippen MR) is 94.2 cm³/mol. The lowest BCUT2D eigenvalue weighted by atomic mass is 9.94. The summed E-state index contributed by atoms with van der Waals surface area (Å²) in [6.45, 7) is 3.28. The molecule has 0 aliphatic carbocycles. The number of rotatable bonds is 2. The first-order valence-electron chi connectivity index (χ1n) is 8.51. The highest BCUT2D eigenvalue weighted by Gasteiger charge is 2.30. The fraction of sp³-hybridized carbons (Fsp3) is 0.444. The minimum atomic E-state index is -0.157. The van der Waals surface area contributed by atoms with Crippen LogP contribution in [-0.4, -0.2) is 46.4 Å². The zero-order valence-corrected chi connectivity index (χ0v) is 14.2. The van der Waals surface area contributed by atoms with Crippen LogP contribution in [0.15, 0.2) is 36.7 Å². The maximum absolute atomic E-state index is 12.5. The molecule has 1 N–H and O–H groups in total. The van der Waals surface area contributed by atoms with Crippen LogP contribution in [-0.2, 0) is 0 Å². The number of hydrogen-bond donors (Lipinski definition) is 1. The lowest BCUT2D eigenvalue weighted by Gasteiger charge is -2.26. The normalized spacial score (nSPS) is 26.1. The van der Waals surface area contributed by atoms with Crippen LogP contribution in [0.1, 0.15) is 19.3 Å². The quantitative estimate of drug-likeness (QED) is 0.909. The molecule has 5 nitrogen and oxygen atoms in total. The van der Waals surface area contributed by atoms with Crippen molar-refractivity contribution in [1.29, 1.82) is 0 Å². The van der Waals surface area contributed by atoms with E-state index in [4.69, 9.17) is 11.6 Å². The highest BCUT2D eigenvalue weighted by molar-refractivity contribution is 6.30. The number of aromatic nitrogens is 2. The van der Waals surface area contributed by atoms with Crippen molar-refractivity contribution in [2.75, 3.05) is 19.6 Å². The third-order valence-corrected chi connectivity index (χ3v) is 5.31. The summed E-state index contributed by atoms with van der Waals surface area (Å²) in [5.74, 6) is 0.744. The van der Waals surface area contributed by atoms with E-state index in [1.165, 1.54) is 17.5 Å². The molecule has 0 spiro atoms. The highest BCUT2D eigenvalue weighted by atomic mass is 35.5. The van der Waals surface area contributed by atoms with Gasteiger partial charge in [0.15, 0.2) is 0 Å². The molecule has 0 saturated carbocycles. The molecule has 2 aromatic rings. The van der Waals surface area contributed by atoms with Crippen molar-refractivity contribution in [2.45, 2.75) is 25.3 Å². The second-order valence-corrected chi connectivity index (χ2v) is 7.25. The molecule has 24 heavy (non-hydrogen) atoms. The molecule has 3 fully saturated rings. The Morgan fingerprint density at radius 3 is 2.88 bits per heavy atom. The average Bonchev–Trinajstić information content (AvgIpc) is 2.90. The number of piperidine rings is 1. The van der Waals surface area contributed by atoms with Crippen LogP contribution >= 0.6 is 11.6 Å². The Balaban J connectivity index is 1.45. The van der Waals surface area contributed by atoms with Gasteiger partial charge in [-0.2, -0.15) is 9.78 Å². The Labute approximate surface area is 146 Å². The van der Waals surface area contributed by atoms with Gasteiger partial charge in [-0.25, -0.2) is 4.79 Å². The number of amides is 1. The van der Waals surface area contributed by atoms with Gasteiger partial charge < -0.3 is 10.2 Å². The third kappa shape index (κ3) is 3.32. The van der Waals surface area contributed by atoms with E-state index in [0.29, 0.717) is 5.02 Å². The van der Waals surface area contributed by atoms with Crippen LogP contribution in [0, 0.1) is 5.92 Å². The largest absolute Gasteiger partial charge is 0.342 e. The number of halogens is 1. The molecule has 6 heteroatoms. The maximum atomic E-state index is 12.5. The van der Waals surface area contributed by atoms with Crippen LogP contribution in [0.5, 0.6) is 0 Å². The fourth-order valence-electron chi connectivity index (χ4n) is 3.79. The van der Waals surface area contributed by atoms with Crippen molar-refractivity contribution in [2.24, 2.45) is 5.92 Å². The summed E-state index contributed by atoms with van der Waals surface area (Å²) in [4.78, 5) is 15.0. The second kappa shape index (κ2) is 6.57. The zero-order chi connectivity index (χ0) is 16.5. The predicted octanol–water partition coefficient (Wildman–Crippen LogP) is 3.25. The fourth-order valence-corrected chi connectivity index (χ4v) is 3.98. The minimum Gasteiger partial charge on any atom is -0.332 e. The van der Waals surface area contributed by atoms with Gasteiger partial charge in [-0.3, -0.25) is 0 Å². The summed E-state index contributed by atoms with van der Waals surface area (Å²) in [6.07, 6.45) is 7.04. The Hall–Kier alpha value is -1.85. The first-order valence-corrected chi connectivity index (χ1v) is 8.89. The van der Waals surface area contributed by atoms with E-state index in [-0.39, 0.29) is 12.1 Å². The van der Waals surface area contributed by atoms with E-state index in [1.807, 2.05) is 24.3 Å².